The maximum absolute atomic E-state index is 12.4. The topological polar surface area (TPSA) is 12.0 Å². The standard InChI is InChI=1S/C12H15F3IN/c13-12(14,15)11-5-3-4-10(8-11)9-17-7-2-1-6-16/h3-5,8,17H,1-2,6-7,9H2. The largest absolute Gasteiger partial charge is 0.416 e. The molecule has 0 aliphatic rings. The van der Waals surface area contributed by atoms with Gasteiger partial charge in [0.05, 0.1) is 5.56 Å². The van der Waals surface area contributed by atoms with E-state index < -0.39 is 11.7 Å². The summed E-state index contributed by atoms with van der Waals surface area (Å²) >= 11 is 2.31. The summed E-state index contributed by atoms with van der Waals surface area (Å²) < 4.78 is 38.4. The van der Waals surface area contributed by atoms with Gasteiger partial charge in [0, 0.05) is 6.54 Å². The van der Waals surface area contributed by atoms with Crippen molar-refractivity contribution in [1.82, 2.24) is 5.32 Å². The molecule has 0 saturated heterocycles. The lowest BCUT2D eigenvalue weighted by Gasteiger charge is -2.09. The van der Waals surface area contributed by atoms with Crippen molar-refractivity contribution in [2.45, 2.75) is 25.6 Å². The van der Waals surface area contributed by atoms with Crippen molar-refractivity contribution in [1.29, 1.82) is 0 Å². The minimum absolute atomic E-state index is 0.491. The molecule has 1 aromatic carbocycles. The molecular formula is C12H15F3IN. The van der Waals surface area contributed by atoms with E-state index in [2.05, 4.69) is 27.9 Å². The van der Waals surface area contributed by atoms with Crippen molar-refractivity contribution in [3.8, 4) is 0 Å². The number of alkyl halides is 4. The summed E-state index contributed by atoms with van der Waals surface area (Å²) in [4.78, 5) is 0. The van der Waals surface area contributed by atoms with E-state index in [-0.39, 0.29) is 0 Å². The van der Waals surface area contributed by atoms with Gasteiger partial charge in [-0.25, -0.2) is 0 Å². The summed E-state index contributed by atoms with van der Waals surface area (Å²) in [5, 5.41) is 3.14. The molecule has 0 aliphatic heterocycles. The third kappa shape index (κ3) is 5.72. The van der Waals surface area contributed by atoms with Crippen LogP contribution < -0.4 is 5.32 Å². The quantitative estimate of drug-likeness (QED) is 0.461. The Bertz CT molecular complexity index is 339. The Hall–Kier alpha value is -0.300. The van der Waals surface area contributed by atoms with Crippen LogP contribution in [0.2, 0.25) is 0 Å². The number of nitrogens with one attached hydrogen (secondary N) is 1. The number of hydrogen-bond donors (Lipinski definition) is 1. The van der Waals surface area contributed by atoms with E-state index in [1.165, 1.54) is 12.1 Å². The summed E-state index contributed by atoms with van der Waals surface area (Å²) in [6.07, 6.45) is -2.06. The van der Waals surface area contributed by atoms with Crippen LogP contribution in [0.5, 0.6) is 0 Å². The second-order valence-corrected chi connectivity index (χ2v) is 4.85. The van der Waals surface area contributed by atoms with Gasteiger partial charge in [-0.3, -0.25) is 0 Å². The number of unbranched alkanes of at least 4 members (excludes halogenated alkanes) is 1. The number of hydrogen-bond acceptors (Lipinski definition) is 1. The van der Waals surface area contributed by atoms with Gasteiger partial charge in [-0.1, -0.05) is 40.8 Å². The fourth-order valence-corrected chi connectivity index (χ4v) is 1.97. The highest BCUT2D eigenvalue weighted by Gasteiger charge is 2.30. The van der Waals surface area contributed by atoms with Gasteiger partial charge in [0.25, 0.3) is 0 Å². The summed E-state index contributed by atoms with van der Waals surface area (Å²) in [5.41, 5.74) is 0.0957. The molecule has 0 bridgehead atoms. The summed E-state index contributed by atoms with van der Waals surface area (Å²) in [7, 11) is 0. The van der Waals surface area contributed by atoms with Crippen LogP contribution >= 0.6 is 22.6 Å². The van der Waals surface area contributed by atoms with Crippen molar-refractivity contribution < 1.29 is 13.2 Å². The minimum Gasteiger partial charge on any atom is -0.313 e. The van der Waals surface area contributed by atoms with Gasteiger partial charge in [-0.2, -0.15) is 13.2 Å². The Morgan fingerprint density at radius 2 is 1.94 bits per heavy atom. The van der Waals surface area contributed by atoms with Gasteiger partial charge < -0.3 is 5.32 Å². The highest BCUT2D eigenvalue weighted by atomic mass is 127. The highest BCUT2D eigenvalue weighted by Crippen LogP contribution is 2.29. The monoisotopic (exact) mass is 357 g/mol. The first-order chi connectivity index (χ1) is 8.04. The predicted molar refractivity (Wildman–Crippen MR) is 71.3 cm³/mol. The normalized spacial score (nSPS) is 11.8. The fraction of sp³-hybridized carbons (Fsp3) is 0.500. The minimum atomic E-state index is -4.25. The average molecular weight is 357 g/mol. The zero-order valence-corrected chi connectivity index (χ0v) is 11.5. The molecule has 0 fully saturated rings. The van der Waals surface area contributed by atoms with Gasteiger partial charge in [-0.15, -0.1) is 0 Å². The van der Waals surface area contributed by atoms with Gasteiger partial charge in [0.1, 0.15) is 0 Å². The van der Waals surface area contributed by atoms with Crippen molar-refractivity contribution in [3.63, 3.8) is 0 Å². The Morgan fingerprint density at radius 3 is 2.59 bits per heavy atom. The van der Waals surface area contributed by atoms with E-state index in [0.29, 0.717) is 12.1 Å². The van der Waals surface area contributed by atoms with Crippen LogP contribution in [0.3, 0.4) is 0 Å². The molecule has 0 saturated carbocycles. The van der Waals surface area contributed by atoms with E-state index >= 15 is 0 Å². The molecule has 1 aromatic rings. The van der Waals surface area contributed by atoms with Crippen LogP contribution in [-0.4, -0.2) is 11.0 Å². The molecule has 0 amide bonds. The van der Waals surface area contributed by atoms with Crippen LogP contribution in [0.4, 0.5) is 13.2 Å². The molecule has 0 unspecified atom stereocenters. The first-order valence-electron chi connectivity index (χ1n) is 5.47. The van der Waals surface area contributed by atoms with Gasteiger partial charge in [0.2, 0.25) is 0 Å². The molecule has 5 heteroatoms. The van der Waals surface area contributed by atoms with Crippen molar-refractivity contribution in [3.05, 3.63) is 35.4 Å². The van der Waals surface area contributed by atoms with E-state index in [1.807, 2.05) is 0 Å². The third-order valence-corrected chi connectivity index (χ3v) is 3.08. The number of benzene rings is 1. The van der Waals surface area contributed by atoms with Gasteiger partial charge in [0.15, 0.2) is 0 Å². The predicted octanol–water partition coefficient (Wildman–Crippen LogP) is 4.01. The van der Waals surface area contributed by atoms with Crippen LogP contribution in [0.25, 0.3) is 0 Å². The van der Waals surface area contributed by atoms with E-state index in [9.17, 15) is 13.2 Å². The van der Waals surface area contributed by atoms with Crippen molar-refractivity contribution in [2.75, 3.05) is 11.0 Å². The van der Waals surface area contributed by atoms with Crippen molar-refractivity contribution in [2.24, 2.45) is 0 Å². The molecule has 0 spiro atoms. The van der Waals surface area contributed by atoms with Gasteiger partial charge in [-0.05, 0) is 35.4 Å². The third-order valence-electron chi connectivity index (χ3n) is 2.32. The lowest BCUT2D eigenvalue weighted by atomic mass is 10.1. The summed E-state index contributed by atoms with van der Waals surface area (Å²) in [6, 6.07) is 5.45. The maximum Gasteiger partial charge on any atom is 0.416 e. The smallest absolute Gasteiger partial charge is 0.313 e. The van der Waals surface area contributed by atoms with E-state index in [4.69, 9.17) is 0 Å². The molecule has 0 atom stereocenters. The SMILES string of the molecule is FC(F)(F)c1cccc(CNCCCCI)c1. The van der Waals surface area contributed by atoms with Gasteiger partial charge >= 0.3 is 6.18 Å². The Labute approximate surface area is 113 Å². The van der Waals surface area contributed by atoms with Crippen LogP contribution in [-0.2, 0) is 12.7 Å². The Morgan fingerprint density at radius 1 is 1.18 bits per heavy atom. The van der Waals surface area contributed by atoms with E-state index in [1.54, 1.807) is 6.07 Å². The van der Waals surface area contributed by atoms with Crippen LogP contribution in [0, 0.1) is 0 Å². The zero-order chi connectivity index (χ0) is 12.7. The molecular weight excluding hydrogens is 342 g/mol. The molecule has 0 aromatic heterocycles. The fourth-order valence-electron chi connectivity index (χ4n) is 1.43. The lowest BCUT2D eigenvalue weighted by molar-refractivity contribution is -0.137. The number of halogens is 4. The zero-order valence-electron chi connectivity index (χ0n) is 9.36. The molecule has 1 rings (SSSR count). The lowest BCUT2D eigenvalue weighted by Crippen LogP contribution is -2.15. The van der Waals surface area contributed by atoms with Crippen LogP contribution in [0.1, 0.15) is 24.0 Å². The second kappa shape index (κ2) is 7.20. The Kier molecular flexibility index (Phi) is 6.26. The van der Waals surface area contributed by atoms with Crippen LogP contribution in [0.15, 0.2) is 24.3 Å². The Balaban J connectivity index is 2.44. The molecule has 0 radical (unpaired) electrons. The molecule has 0 aliphatic carbocycles. The first kappa shape index (κ1) is 14.8. The molecule has 1 N–H and O–H groups in total. The maximum atomic E-state index is 12.4. The first-order valence-corrected chi connectivity index (χ1v) is 6.99. The highest BCUT2D eigenvalue weighted by molar-refractivity contribution is 14.1. The molecule has 17 heavy (non-hydrogen) atoms. The van der Waals surface area contributed by atoms with E-state index in [0.717, 1.165) is 29.9 Å². The average Bonchev–Trinajstić information content (AvgIpc) is 2.28. The molecule has 1 nitrogen and oxygen atoms in total. The molecule has 0 heterocycles. The molecule has 96 valence electrons. The summed E-state index contributed by atoms with van der Waals surface area (Å²) in [5.74, 6) is 0. The van der Waals surface area contributed by atoms with Crippen molar-refractivity contribution >= 4 is 22.6 Å². The summed E-state index contributed by atoms with van der Waals surface area (Å²) in [6.45, 7) is 1.34. The number of rotatable bonds is 6. The second-order valence-electron chi connectivity index (χ2n) is 3.77.